The summed E-state index contributed by atoms with van der Waals surface area (Å²) in [5.74, 6) is 0.220. The van der Waals surface area contributed by atoms with Crippen molar-refractivity contribution in [2.45, 2.75) is 32.1 Å². The van der Waals surface area contributed by atoms with Crippen molar-refractivity contribution in [3.63, 3.8) is 0 Å². The zero-order valence-corrected chi connectivity index (χ0v) is 11.2. The van der Waals surface area contributed by atoms with E-state index >= 15 is 0 Å². The topological polar surface area (TPSA) is 75.6 Å². The number of unbranched alkanes of at least 4 members (excludes halogenated alkanes) is 1. The van der Waals surface area contributed by atoms with Crippen molar-refractivity contribution < 1.29 is 4.92 Å². The van der Waals surface area contributed by atoms with E-state index in [2.05, 4.69) is 4.90 Å². The van der Waals surface area contributed by atoms with Gasteiger partial charge in [-0.1, -0.05) is 6.42 Å². The van der Waals surface area contributed by atoms with E-state index < -0.39 is 4.92 Å². The second-order valence-corrected chi connectivity index (χ2v) is 4.87. The number of likely N-dealkylation sites (tertiary alicyclic amines) is 1. The lowest BCUT2D eigenvalue weighted by Gasteiger charge is -2.26. The van der Waals surface area contributed by atoms with Crippen LogP contribution in [0.25, 0.3) is 0 Å². The van der Waals surface area contributed by atoms with Gasteiger partial charge in [0.2, 0.25) is 0 Å². The number of rotatable bonds is 7. The van der Waals surface area contributed by atoms with Crippen molar-refractivity contribution in [3.05, 3.63) is 22.1 Å². The van der Waals surface area contributed by atoms with Crippen LogP contribution < -0.4 is 5.73 Å². The molecule has 0 aromatic heterocycles. The summed E-state index contributed by atoms with van der Waals surface area (Å²) in [4.78, 5) is 14.0. The first-order valence-electron chi connectivity index (χ1n) is 6.64. The zero-order chi connectivity index (χ0) is 13.4. The summed E-state index contributed by atoms with van der Waals surface area (Å²) < 4.78 is 0. The summed E-state index contributed by atoms with van der Waals surface area (Å²) >= 11 is 0. The van der Waals surface area contributed by atoms with E-state index in [1.807, 2.05) is 0 Å². The highest BCUT2D eigenvalue weighted by Crippen LogP contribution is 2.09. The summed E-state index contributed by atoms with van der Waals surface area (Å²) in [6.07, 6.45) is 6.98. The molecule has 1 saturated heterocycles. The molecule has 1 aliphatic heterocycles. The van der Waals surface area contributed by atoms with Gasteiger partial charge in [0.1, 0.15) is 0 Å². The molecule has 0 bridgehead atoms. The van der Waals surface area contributed by atoms with E-state index in [-0.39, 0.29) is 5.82 Å². The van der Waals surface area contributed by atoms with Gasteiger partial charge < -0.3 is 15.5 Å². The Morgan fingerprint density at radius 3 is 2.67 bits per heavy atom. The van der Waals surface area contributed by atoms with Gasteiger partial charge in [0.25, 0.3) is 6.20 Å². The number of piperidine rings is 1. The molecule has 6 heteroatoms. The van der Waals surface area contributed by atoms with Gasteiger partial charge in [-0.15, -0.1) is 0 Å². The molecule has 1 fully saturated rings. The first-order valence-corrected chi connectivity index (χ1v) is 6.64. The fourth-order valence-corrected chi connectivity index (χ4v) is 2.20. The van der Waals surface area contributed by atoms with Crippen molar-refractivity contribution in [2.75, 3.05) is 33.2 Å². The summed E-state index contributed by atoms with van der Waals surface area (Å²) in [5.41, 5.74) is 5.58. The lowest BCUT2D eigenvalue weighted by Crippen LogP contribution is -2.31. The maximum atomic E-state index is 10.3. The molecule has 1 heterocycles. The molecule has 0 amide bonds. The Morgan fingerprint density at radius 2 is 2.06 bits per heavy atom. The first-order chi connectivity index (χ1) is 8.59. The Bertz CT molecular complexity index is 288. The summed E-state index contributed by atoms with van der Waals surface area (Å²) in [5, 5.41) is 10.3. The van der Waals surface area contributed by atoms with Crippen LogP contribution in [0.15, 0.2) is 12.0 Å². The number of hydrogen-bond acceptors (Lipinski definition) is 5. The van der Waals surface area contributed by atoms with Gasteiger partial charge >= 0.3 is 0 Å². The third-order valence-corrected chi connectivity index (χ3v) is 3.35. The van der Waals surface area contributed by atoms with E-state index in [0.29, 0.717) is 0 Å². The van der Waals surface area contributed by atoms with Crippen LogP contribution in [0.5, 0.6) is 0 Å². The number of hydrogen-bond donors (Lipinski definition) is 1. The first kappa shape index (κ1) is 14.8. The molecule has 0 saturated carbocycles. The fourth-order valence-electron chi connectivity index (χ4n) is 2.20. The summed E-state index contributed by atoms with van der Waals surface area (Å²) in [6, 6.07) is 0. The average molecular weight is 256 g/mol. The van der Waals surface area contributed by atoms with Crippen LogP contribution in [0.1, 0.15) is 32.1 Å². The molecule has 0 radical (unpaired) electrons. The predicted molar refractivity (Wildman–Crippen MR) is 71.4 cm³/mol. The van der Waals surface area contributed by atoms with Crippen molar-refractivity contribution in [1.82, 2.24) is 9.80 Å². The maximum Gasteiger partial charge on any atom is 0.274 e. The molecule has 0 aromatic rings. The molecular weight excluding hydrogens is 232 g/mol. The molecule has 1 aliphatic rings. The summed E-state index contributed by atoms with van der Waals surface area (Å²) in [6.45, 7) is 4.34. The predicted octanol–water partition coefficient (Wildman–Crippen LogP) is 1.22. The smallest absolute Gasteiger partial charge is 0.274 e. The van der Waals surface area contributed by atoms with Gasteiger partial charge in [0.15, 0.2) is 5.82 Å². The average Bonchev–Trinajstić information content (AvgIpc) is 2.34. The van der Waals surface area contributed by atoms with Crippen LogP contribution in [0.4, 0.5) is 0 Å². The van der Waals surface area contributed by atoms with Gasteiger partial charge in [-0.05, 0) is 45.3 Å². The Hall–Kier alpha value is -1.30. The lowest BCUT2D eigenvalue weighted by molar-refractivity contribution is -0.404. The van der Waals surface area contributed by atoms with Crippen molar-refractivity contribution in [3.8, 4) is 0 Å². The minimum atomic E-state index is -0.514. The molecule has 2 N–H and O–H groups in total. The van der Waals surface area contributed by atoms with Gasteiger partial charge in [0, 0.05) is 13.6 Å². The van der Waals surface area contributed by atoms with Gasteiger partial charge in [-0.25, -0.2) is 0 Å². The normalized spacial score (nSPS) is 17.7. The molecule has 18 heavy (non-hydrogen) atoms. The van der Waals surface area contributed by atoms with Gasteiger partial charge in [-0.2, -0.15) is 0 Å². The standard InChI is InChI=1S/C12H24N4O2/c1-14(12(13)11-16(17)18)7-5-6-10-15-8-3-2-4-9-15/h11H,2-10,13H2,1H3. The lowest BCUT2D eigenvalue weighted by atomic mass is 10.1. The largest absolute Gasteiger partial charge is 0.380 e. The third-order valence-electron chi connectivity index (χ3n) is 3.35. The second-order valence-electron chi connectivity index (χ2n) is 4.87. The minimum absolute atomic E-state index is 0.220. The van der Waals surface area contributed by atoms with Crippen LogP contribution >= 0.6 is 0 Å². The van der Waals surface area contributed by atoms with E-state index in [0.717, 1.165) is 32.1 Å². The molecule has 6 nitrogen and oxygen atoms in total. The number of nitro groups is 1. The molecule has 0 aromatic carbocycles. The van der Waals surface area contributed by atoms with Crippen molar-refractivity contribution >= 4 is 0 Å². The molecular formula is C12H24N4O2. The fraction of sp³-hybridized carbons (Fsp3) is 0.833. The van der Waals surface area contributed by atoms with Crippen LogP contribution in [0.3, 0.4) is 0 Å². The van der Waals surface area contributed by atoms with Crippen molar-refractivity contribution in [1.29, 1.82) is 0 Å². The number of nitrogens with zero attached hydrogens (tertiary/aromatic N) is 3. The van der Waals surface area contributed by atoms with Gasteiger partial charge in [0.05, 0.1) is 4.92 Å². The van der Waals surface area contributed by atoms with Crippen LogP contribution in [0.2, 0.25) is 0 Å². The summed E-state index contributed by atoms with van der Waals surface area (Å²) in [7, 11) is 1.79. The second kappa shape index (κ2) is 7.92. The highest BCUT2D eigenvalue weighted by molar-refractivity contribution is 4.88. The minimum Gasteiger partial charge on any atom is -0.380 e. The highest BCUT2D eigenvalue weighted by Gasteiger charge is 2.09. The van der Waals surface area contributed by atoms with E-state index in [4.69, 9.17) is 5.73 Å². The molecule has 104 valence electrons. The SMILES string of the molecule is CN(CCCCN1CCCCC1)C(N)=C[N+](=O)[O-]. The third kappa shape index (κ3) is 5.86. The van der Waals surface area contributed by atoms with E-state index in [1.54, 1.807) is 11.9 Å². The monoisotopic (exact) mass is 256 g/mol. The Labute approximate surface area is 109 Å². The van der Waals surface area contributed by atoms with Crippen LogP contribution in [-0.2, 0) is 0 Å². The molecule has 0 atom stereocenters. The molecule has 0 unspecified atom stereocenters. The van der Waals surface area contributed by atoms with Crippen LogP contribution in [0, 0.1) is 10.1 Å². The maximum absolute atomic E-state index is 10.3. The van der Waals surface area contributed by atoms with Gasteiger partial charge in [-0.3, -0.25) is 10.1 Å². The Balaban J connectivity index is 2.11. The van der Waals surface area contributed by atoms with Crippen molar-refractivity contribution in [2.24, 2.45) is 5.73 Å². The van der Waals surface area contributed by atoms with Crippen LogP contribution in [-0.4, -0.2) is 47.9 Å². The van der Waals surface area contributed by atoms with E-state index in [9.17, 15) is 10.1 Å². The quantitative estimate of drug-likeness (QED) is 0.421. The zero-order valence-electron chi connectivity index (χ0n) is 11.2. The molecule has 0 aliphatic carbocycles. The molecule has 1 rings (SSSR count). The van der Waals surface area contributed by atoms with E-state index in [1.165, 1.54) is 32.4 Å². The number of nitrogens with two attached hydrogens (primary N) is 1. The Kier molecular flexibility index (Phi) is 6.49. The highest BCUT2D eigenvalue weighted by atomic mass is 16.6. The molecule has 0 spiro atoms. The Morgan fingerprint density at radius 1 is 1.39 bits per heavy atom.